The highest BCUT2D eigenvalue weighted by atomic mass is 35.5. The number of nitrogens with zero attached hydrogens (tertiary/aromatic N) is 1. The molecule has 0 radical (unpaired) electrons. The molecule has 1 amide bonds. The molecule has 10 heavy (non-hydrogen) atoms. The van der Waals surface area contributed by atoms with Crippen molar-refractivity contribution >= 4 is 29.9 Å². The first-order chi connectivity index (χ1) is 4.34. The SMILES string of the molecule is Cl.O=C1CCCN1CCCl. The van der Waals surface area contributed by atoms with Gasteiger partial charge in [-0.2, -0.15) is 0 Å². The second-order valence-corrected chi connectivity index (χ2v) is 2.55. The Hall–Kier alpha value is 0.0500. The summed E-state index contributed by atoms with van der Waals surface area (Å²) >= 11 is 5.45. The molecule has 0 aromatic heterocycles. The topological polar surface area (TPSA) is 20.3 Å². The smallest absolute Gasteiger partial charge is 0.222 e. The Bertz CT molecular complexity index is 118. The van der Waals surface area contributed by atoms with Gasteiger partial charge in [-0.05, 0) is 6.42 Å². The van der Waals surface area contributed by atoms with Gasteiger partial charge in [0.25, 0.3) is 0 Å². The highest BCUT2D eigenvalue weighted by molar-refractivity contribution is 6.18. The Morgan fingerprint density at radius 1 is 1.60 bits per heavy atom. The standard InChI is InChI=1S/C6H10ClNO.ClH/c7-3-5-8-4-1-2-6(8)9;/h1-5H2;1H. The Balaban J connectivity index is 0.000000810. The van der Waals surface area contributed by atoms with E-state index in [2.05, 4.69) is 0 Å². The Morgan fingerprint density at radius 2 is 2.30 bits per heavy atom. The van der Waals surface area contributed by atoms with Crippen molar-refractivity contribution in [3.05, 3.63) is 0 Å². The van der Waals surface area contributed by atoms with Crippen LogP contribution in [0.1, 0.15) is 12.8 Å². The van der Waals surface area contributed by atoms with E-state index in [4.69, 9.17) is 11.6 Å². The van der Waals surface area contributed by atoms with Crippen molar-refractivity contribution < 1.29 is 4.79 Å². The van der Waals surface area contributed by atoms with Crippen molar-refractivity contribution in [2.24, 2.45) is 0 Å². The van der Waals surface area contributed by atoms with Crippen LogP contribution in [0.4, 0.5) is 0 Å². The molecular weight excluding hydrogens is 173 g/mol. The van der Waals surface area contributed by atoms with Crippen molar-refractivity contribution in [3.8, 4) is 0 Å². The fourth-order valence-corrected chi connectivity index (χ4v) is 1.25. The van der Waals surface area contributed by atoms with Crippen molar-refractivity contribution in [1.29, 1.82) is 0 Å². The van der Waals surface area contributed by atoms with Crippen LogP contribution in [0.25, 0.3) is 0 Å². The van der Waals surface area contributed by atoms with E-state index in [9.17, 15) is 4.79 Å². The average molecular weight is 184 g/mol. The molecule has 1 aliphatic heterocycles. The first-order valence-electron chi connectivity index (χ1n) is 3.18. The Morgan fingerprint density at radius 3 is 2.70 bits per heavy atom. The van der Waals surface area contributed by atoms with E-state index in [0.717, 1.165) is 25.9 Å². The fraction of sp³-hybridized carbons (Fsp3) is 0.833. The van der Waals surface area contributed by atoms with E-state index in [1.807, 2.05) is 4.90 Å². The largest absolute Gasteiger partial charge is 0.341 e. The van der Waals surface area contributed by atoms with Gasteiger partial charge in [0.1, 0.15) is 0 Å². The Kier molecular flexibility index (Phi) is 4.83. The summed E-state index contributed by atoms with van der Waals surface area (Å²) in [5, 5.41) is 0. The minimum atomic E-state index is 0. The van der Waals surface area contributed by atoms with Crippen LogP contribution in [-0.2, 0) is 4.79 Å². The lowest BCUT2D eigenvalue weighted by atomic mass is 10.4. The van der Waals surface area contributed by atoms with E-state index in [-0.39, 0.29) is 18.3 Å². The summed E-state index contributed by atoms with van der Waals surface area (Å²) in [6.45, 7) is 1.63. The molecule has 0 atom stereocenters. The molecule has 0 saturated carbocycles. The van der Waals surface area contributed by atoms with Crippen LogP contribution in [0.5, 0.6) is 0 Å². The molecule has 0 spiro atoms. The van der Waals surface area contributed by atoms with Crippen molar-refractivity contribution in [2.45, 2.75) is 12.8 Å². The molecule has 4 heteroatoms. The second-order valence-electron chi connectivity index (χ2n) is 2.17. The van der Waals surface area contributed by atoms with Gasteiger partial charge in [0.15, 0.2) is 0 Å². The lowest BCUT2D eigenvalue weighted by Gasteiger charge is -2.11. The maximum absolute atomic E-state index is 10.8. The first-order valence-corrected chi connectivity index (χ1v) is 3.72. The Labute approximate surface area is 71.9 Å². The number of carbonyl (C=O) groups is 1. The summed E-state index contributed by atoms with van der Waals surface area (Å²) in [6, 6.07) is 0. The third-order valence-corrected chi connectivity index (χ3v) is 1.69. The normalized spacial score (nSPS) is 17.3. The van der Waals surface area contributed by atoms with Crippen LogP contribution < -0.4 is 0 Å². The molecule has 0 bridgehead atoms. The van der Waals surface area contributed by atoms with E-state index in [1.54, 1.807) is 0 Å². The summed E-state index contributed by atoms with van der Waals surface area (Å²) in [6.07, 6.45) is 1.73. The average Bonchev–Trinajstić information content (AvgIpc) is 2.18. The number of amides is 1. The number of rotatable bonds is 2. The molecule has 1 aliphatic rings. The zero-order chi connectivity index (χ0) is 6.69. The highest BCUT2D eigenvalue weighted by Crippen LogP contribution is 2.08. The number of hydrogen-bond donors (Lipinski definition) is 0. The highest BCUT2D eigenvalue weighted by Gasteiger charge is 2.18. The van der Waals surface area contributed by atoms with Gasteiger partial charge < -0.3 is 4.90 Å². The lowest BCUT2D eigenvalue weighted by molar-refractivity contribution is -0.127. The van der Waals surface area contributed by atoms with Crippen LogP contribution in [0.3, 0.4) is 0 Å². The van der Waals surface area contributed by atoms with E-state index < -0.39 is 0 Å². The second kappa shape index (κ2) is 4.80. The molecule has 60 valence electrons. The zero-order valence-corrected chi connectivity index (χ0v) is 7.25. The molecule has 2 nitrogen and oxygen atoms in total. The summed E-state index contributed by atoms with van der Waals surface area (Å²) in [5.74, 6) is 0.821. The quantitative estimate of drug-likeness (QED) is 0.591. The number of halogens is 2. The number of hydrogen-bond acceptors (Lipinski definition) is 1. The van der Waals surface area contributed by atoms with Gasteiger partial charge >= 0.3 is 0 Å². The van der Waals surface area contributed by atoms with Crippen LogP contribution in [0.15, 0.2) is 0 Å². The van der Waals surface area contributed by atoms with E-state index >= 15 is 0 Å². The minimum absolute atomic E-state index is 0. The third-order valence-electron chi connectivity index (χ3n) is 1.53. The van der Waals surface area contributed by atoms with Gasteiger partial charge in [-0.25, -0.2) is 0 Å². The summed E-state index contributed by atoms with van der Waals surface area (Å²) < 4.78 is 0. The molecule has 0 aliphatic carbocycles. The molecule has 1 fully saturated rings. The van der Waals surface area contributed by atoms with Crippen molar-refractivity contribution in [3.63, 3.8) is 0 Å². The molecule has 1 heterocycles. The molecule has 0 N–H and O–H groups in total. The van der Waals surface area contributed by atoms with Crippen LogP contribution in [0, 0.1) is 0 Å². The van der Waals surface area contributed by atoms with Crippen LogP contribution >= 0.6 is 24.0 Å². The van der Waals surface area contributed by atoms with Crippen LogP contribution in [-0.4, -0.2) is 29.8 Å². The van der Waals surface area contributed by atoms with E-state index in [0.29, 0.717) is 5.88 Å². The first kappa shape index (κ1) is 10.0. The maximum Gasteiger partial charge on any atom is 0.222 e. The van der Waals surface area contributed by atoms with Gasteiger partial charge in [0.05, 0.1) is 0 Å². The predicted molar refractivity (Wildman–Crippen MR) is 43.8 cm³/mol. The molecule has 0 aromatic carbocycles. The number of carbonyl (C=O) groups excluding carboxylic acids is 1. The van der Waals surface area contributed by atoms with Crippen LogP contribution in [0.2, 0.25) is 0 Å². The van der Waals surface area contributed by atoms with E-state index in [1.165, 1.54) is 0 Å². The lowest BCUT2D eigenvalue weighted by Crippen LogP contribution is -2.26. The molecular formula is C6H11Cl2NO. The van der Waals surface area contributed by atoms with Gasteiger partial charge in [0, 0.05) is 25.4 Å². The molecule has 0 unspecified atom stereocenters. The summed E-state index contributed by atoms with van der Waals surface area (Å²) in [7, 11) is 0. The molecule has 1 saturated heterocycles. The monoisotopic (exact) mass is 183 g/mol. The van der Waals surface area contributed by atoms with Gasteiger partial charge in [-0.3, -0.25) is 4.79 Å². The maximum atomic E-state index is 10.8. The molecule has 0 aromatic rings. The third kappa shape index (κ3) is 2.35. The van der Waals surface area contributed by atoms with Crippen molar-refractivity contribution in [1.82, 2.24) is 4.90 Å². The van der Waals surface area contributed by atoms with Gasteiger partial charge in [-0.15, -0.1) is 24.0 Å². The van der Waals surface area contributed by atoms with Gasteiger partial charge in [-0.1, -0.05) is 0 Å². The zero-order valence-electron chi connectivity index (χ0n) is 5.68. The fourth-order valence-electron chi connectivity index (χ4n) is 1.04. The predicted octanol–water partition coefficient (Wildman–Crippen LogP) is 1.27. The number of likely N-dealkylation sites (tertiary alicyclic amines) is 1. The van der Waals surface area contributed by atoms with Gasteiger partial charge in [0.2, 0.25) is 5.91 Å². The number of alkyl halides is 1. The summed E-state index contributed by atoms with van der Waals surface area (Å²) in [5.41, 5.74) is 0. The minimum Gasteiger partial charge on any atom is -0.341 e. The molecule has 1 rings (SSSR count). The van der Waals surface area contributed by atoms with Crippen molar-refractivity contribution in [2.75, 3.05) is 19.0 Å². The summed E-state index contributed by atoms with van der Waals surface area (Å²) in [4.78, 5) is 12.6.